The number of nitrogens with one attached hydrogen (secondary N) is 1. The summed E-state index contributed by atoms with van der Waals surface area (Å²) in [5, 5.41) is 11.1. The van der Waals surface area contributed by atoms with Gasteiger partial charge >= 0.3 is 6.18 Å². The molecule has 2 saturated heterocycles. The number of hydrogen-bond donors (Lipinski definition) is 2. The number of nitrogens with two attached hydrogens (primary N) is 1. The fourth-order valence-electron chi connectivity index (χ4n) is 6.71. The Kier molecular flexibility index (Phi) is 12.6. The number of halogens is 3. The molecule has 3 N–H and O–H groups in total. The van der Waals surface area contributed by atoms with Crippen molar-refractivity contribution in [2.75, 3.05) is 63.5 Å². The van der Waals surface area contributed by atoms with Gasteiger partial charge in [0.2, 0.25) is 0 Å². The maximum Gasteiger partial charge on any atom is 0.416 e. The van der Waals surface area contributed by atoms with Gasteiger partial charge in [-0.05, 0) is 119 Å². The number of nitrogens with zero attached hydrogens (tertiary/aromatic N) is 6. The molecule has 0 aliphatic carbocycles. The van der Waals surface area contributed by atoms with Crippen LogP contribution >= 0.6 is 0 Å². The summed E-state index contributed by atoms with van der Waals surface area (Å²) in [6.45, 7) is 7.60. The number of amides is 1. The van der Waals surface area contributed by atoms with E-state index in [1.165, 1.54) is 50.9 Å². The number of benzene rings is 3. The maximum atomic E-state index is 13.0. The summed E-state index contributed by atoms with van der Waals surface area (Å²) in [5.74, 6) is 0.890. The lowest BCUT2D eigenvalue weighted by molar-refractivity contribution is -0.137. The molecule has 0 atom stereocenters. The Labute approximate surface area is 313 Å². The summed E-state index contributed by atoms with van der Waals surface area (Å²) in [4.78, 5) is 17.4. The second-order valence-corrected chi connectivity index (χ2v) is 13.5. The molecule has 5 aromatic rings. The molecule has 2 fully saturated rings. The van der Waals surface area contributed by atoms with E-state index in [1.807, 2.05) is 42.1 Å². The van der Waals surface area contributed by atoms with Crippen LogP contribution in [0.2, 0.25) is 0 Å². The molecule has 2 aromatic heterocycles. The zero-order valence-corrected chi connectivity index (χ0v) is 30.7. The minimum absolute atomic E-state index is 0.0714. The number of rotatable bonds is 12. The van der Waals surface area contributed by atoms with Gasteiger partial charge in [-0.15, -0.1) is 0 Å². The van der Waals surface area contributed by atoms with Crippen molar-refractivity contribution in [1.29, 1.82) is 0 Å². The molecule has 2 aliphatic rings. The number of anilines is 2. The van der Waals surface area contributed by atoms with E-state index in [0.29, 0.717) is 24.7 Å². The molecule has 14 heteroatoms. The standard InChI is InChI=1S/C24H25F3N4O2.C16H22N4O/c1-30-21(9-10-28-30)20-16-19(7-8-22(20)33-14-13-31-11-2-3-12-31)29-23(32)17-5-4-6-18(15-17)24(25,26)27;1-19-15(6-7-18-19)14-12-13(17)4-5-16(14)21-11-10-20-8-2-3-9-20/h4-10,15-16H,2-3,11-14H2,1H3,(H,29,32);4-7,12H,2-3,8-11,17H2,1H3. The number of alkyl halides is 3. The third-order valence-corrected chi connectivity index (χ3v) is 9.61. The molecule has 1 amide bonds. The molecular weight excluding hydrogens is 697 g/mol. The number of aryl methyl sites for hydroxylation is 2. The molecule has 7 rings (SSSR count). The van der Waals surface area contributed by atoms with Crippen LogP contribution < -0.4 is 20.5 Å². The van der Waals surface area contributed by atoms with Crippen molar-refractivity contribution in [2.45, 2.75) is 31.9 Å². The Balaban J connectivity index is 0.000000203. The van der Waals surface area contributed by atoms with Gasteiger partial charge in [0.1, 0.15) is 24.7 Å². The molecular formula is C40H47F3N8O3. The number of nitrogen functional groups attached to an aromatic ring is 1. The highest BCUT2D eigenvalue weighted by Gasteiger charge is 2.31. The SMILES string of the molecule is Cn1nccc1-c1cc(N)ccc1OCCN1CCCC1.Cn1nccc1-c1cc(NC(=O)c2cccc(C(F)(F)F)c2)ccc1OCCN1CCCC1. The van der Waals surface area contributed by atoms with Crippen molar-refractivity contribution in [3.8, 4) is 34.0 Å². The van der Waals surface area contributed by atoms with E-state index >= 15 is 0 Å². The van der Waals surface area contributed by atoms with E-state index in [9.17, 15) is 18.0 Å². The molecule has 2 aliphatic heterocycles. The van der Waals surface area contributed by atoms with Gasteiger partial charge in [-0.2, -0.15) is 23.4 Å². The van der Waals surface area contributed by atoms with Crippen LogP contribution in [0.5, 0.6) is 11.5 Å². The summed E-state index contributed by atoms with van der Waals surface area (Å²) >= 11 is 0. The highest BCUT2D eigenvalue weighted by Crippen LogP contribution is 2.34. The van der Waals surface area contributed by atoms with Crippen molar-refractivity contribution in [3.63, 3.8) is 0 Å². The normalized spacial score (nSPS) is 14.8. The number of likely N-dealkylation sites (tertiary alicyclic amines) is 2. The monoisotopic (exact) mass is 744 g/mol. The highest BCUT2D eigenvalue weighted by atomic mass is 19.4. The second kappa shape index (κ2) is 17.7. The zero-order valence-electron chi connectivity index (χ0n) is 30.7. The first-order chi connectivity index (χ1) is 26.0. The summed E-state index contributed by atoms with van der Waals surface area (Å²) in [5.41, 5.74) is 9.69. The smallest absolute Gasteiger partial charge is 0.416 e. The van der Waals surface area contributed by atoms with Gasteiger partial charge in [0.25, 0.3) is 5.91 Å². The summed E-state index contributed by atoms with van der Waals surface area (Å²) in [6, 6.07) is 19.1. The molecule has 4 heterocycles. The van der Waals surface area contributed by atoms with Crippen LogP contribution in [-0.4, -0.2) is 87.8 Å². The predicted molar refractivity (Wildman–Crippen MR) is 203 cm³/mol. The molecule has 11 nitrogen and oxygen atoms in total. The van der Waals surface area contributed by atoms with E-state index in [-0.39, 0.29) is 5.56 Å². The van der Waals surface area contributed by atoms with Crippen LogP contribution in [0.15, 0.2) is 85.2 Å². The van der Waals surface area contributed by atoms with Gasteiger partial charge in [-0.25, -0.2) is 0 Å². The molecule has 0 radical (unpaired) electrons. The first-order valence-corrected chi connectivity index (χ1v) is 18.2. The van der Waals surface area contributed by atoms with Gasteiger partial charge in [0.05, 0.1) is 17.0 Å². The van der Waals surface area contributed by atoms with E-state index in [0.717, 1.165) is 72.3 Å². The number of carbonyl (C=O) groups excluding carboxylic acids is 1. The average Bonchev–Trinajstić information content (AvgIpc) is 4.00. The van der Waals surface area contributed by atoms with Crippen molar-refractivity contribution >= 4 is 17.3 Å². The van der Waals surface area contributed by atoms with E-state index in [1.54, 1.807) is 42.3 Å². The van der Waals surface area contributed by atoms with Gasteiger partial charge in [-0.1, -0.05) is 6.07 Å². The fraction of sp³-hybridized carbons (Fsp3) is 0.375. The number of aromatic nitrogens is 4. The Bertz CT molecular complexity index is 2000. The molecule has 54 heavy (non-hydrogen) atoms. The van der Waals surface area contributed by atoms with Gasteiger partial charge in [0, 0.05) is 67.6 Å². The van der Waals surface area contributed by atoms with Gasteiger partial charge < -0.3 is 20.5 Å². The lowest BCUT2D eigenvalue weighted by Crippen LogP contribution is -2.25. The Morgan fingerprint density at radius 1 is 0.741 bits per heavy atom. The van der Waals surface area contributed by atoms with Crippen molar-refractivity contribution < 1.29 is 27.4 Å². The highest BCUT2D eigenvalue weighted by molar-refractivity contribution is 6.04. The van der Waals surface area contributed by atoms with Crippen LogP contribution in [0, 0.1) is 0 Å². The fourth-order valence-corrected chi connectivity index (χ4v) is 6.71. The van der Waals surface area contributed by atoms with E-state index in [4.69, 9.17) is 15.2 Å². The van der Waals surface area contributed by atoms with Crippen molar-refractivity contribution in [3.05, 3.63) is 96.3 Å². The maximum absolute atomic E-state index is 13.0. The van der Waals surface area contributed by atoms with Crippen molar-refractivity contribution in [1.82, 2.24) is 29.4 Å². The summed E-state index contributed by atoms with van der Waals surface area (Å²) in [7, 11) is 3.73. The number of carbonyl (C=O) groups is 1. The van der Waals surface area contributed by atoms with Crippen LogP contribution in [0.4, 0.5) is 24.5 Å². The minimum Gasteiger partial charge on any atom is -0.492 e. The first kappa shape index (κ1) is 38.4. The predicted octanol–water partition coefficient (Wildman–Crippen LogP) is 6.98. The molecule has 0 bridgehead atoms. The Morgan fingerprint density at radius 2 is 1.28 bits per heavy atom. The average molecular weight is 745 g/mol. The number of ether oxygens (including phenoxy) is 2. The third-order valence-electron chi connectivity index (χ3n) is 9.61. The van der Waals surface area contributed by atoms with E-state index < -0.39 is 17.6 Å². The second-order valence-electron chi connectivity index (χ2n) is 13.5. The minimum atomic E-state index is -4.52. The molecule has 0 spiro atoms. The van der Waals surface area contributed by atoms with Gasteiger partial charge in [-0.3, -0.25) is 24.0 Å². The largest absolute Gasteiger partial charge is 0.492 e. The summed E-state index contributed by atoms with van der Waals surface area (Å²) < 4.78 is 54.6. The number of hydrogen-bond acceptors (Lipinski definition) is 8. The van der Waals surface area contributed by atoms with E-state index in [2.05, 4.69) is 25.3 Å². The zero-order chi connectivity index (χ0) is 38.1. The quantitative estimate of drug-likeness (QED) is 0.132. The lowest BCUT2D eigenvalue weighted by atomic mass is 10.1. The molecule has 286 valence electrons. The summed E-state index contributed by atoms with van der Waals surface area (Å²) in [6.07, 6.45) is 3.96. The van der Waals surface area contributed by atoms with Crippen LogP contribution in [0.1, 0.15) is 41.6 Å². The van der Waals surface area contributed by atoms with Crippen LogP contribution in [0.25, 0.3) is 22.5 Å². The van der Waals surface area contributed by atoms with Crippen LogP contribution in [0.3, 0.4) is 0 Å². The Hall–Kier alpha value is -5.34. The molecule has 0 unspecified atom stereocenters. The van der Waals surface area contributed by atoms with Crippen LogP contribution in [-0.2, 0) is 20.3 Å². The molecule has 3 aromatic carbocycles. The van der Waals surface area contributed by atoms with Crippen molar-refractivity contribution in [2.24, 2.45) is 14.1 Å². The molecule has 0 saturated carbocycles. The lowest BCUT2D eigenvalue weighted by Gasteiger charge is -2.17. The van der Waals surface area contributed by atoms with Gasteiger partial charge in [0.15, 0.2) is 0 Å². The topological polar surface area (TPSA) is 116 Å². The third kappa shape index (κ3) is 9.99. The Morgan fingerprint density at radius 3 is 1.80 bits per heavy atom. The first-order valence-electron chi connectivity index (χ1n) is 18.2.